The summed E-state index contributed by atoms with van der Waals surface area (Å²) in [6.07, 6.45) is 5.34. The van der Waals surface area contributed by atoms with Gasteiger partial charge in [-0.15, -0.1) is 0 Å². The van der Waals surface area contributed by atoms with Gasteiger partial charge >= 0.3 is 6.03 Å². The van der Waals surface area contributed by atoms with Crippen molar-refractivity contribution in [1.29, 1.82) is 0 Å². The van der Waals surface area contributed by atoms with E-state index in [-0.39, 0.29) is 24.8 Å². The Bertz CT molecular complexity index is 2000. The molecule has 2 amide bonds. The first kappa shape index (κ1) is 37.9. The van der Waals surface area contributed by atoms with E-state index in [0.717, 1.165) is 65.2 Å². The second-order valence-electron chi connectivity index (χ2n) is 15.2. The van der Waals surface area contributed by atoms with Gasteiger partial charge in [0.2, 0.25) is 0 Å². The highest BCUT2D eigenvalue weighted by molar-refractivity contribution is 5.89. The fourth-order valence-corrected chi connectivity index (χ4v) is 8.18. The number of aliphatic hydroxyl groups is 1. The Balaban J connectivity index is 0.894. The van der Waals surface area contributed by atoms with Crippen molar-refractivity contribution in [3.63, 3.8) is 0 Å². The SMILES string of the molecule is O=C(NCc1cccc(-c2ccc([C@H]3O[C@@H](CN4CCC[C@H]4CN4CCCC4)C[C@@H](c4ccc(CO)cc4)O3)cc2)c1)Nc1ccc(Oc2ccccc2)cc1. The molecule has 3 aliphatic heterocycles. The molecule has 290 valence electrons. The van der Waals surface area contributed by atoms with Crippen LogP contribution in [-0.2, 0) is 22.6 Å². The third kappa shape index (κ3) is 9.85. The lowest BCUT2D eigenvalue weighted by Crippen LogP contribution is -2.45. The highest BCUT2D eigenvalue weighted by Crippen LogP contribution is 2.39. The maximum Gasteiger partial charge on any atom is 0.319 e. The first-order valence-electron chi connectivity index (χ1n) is 20.1. The molecule has 5 aromatic rings. The van der Waals surface area contributed by atoms with Crippen LogP contribution in [0.2, 0.25) is 0 Å². The number of nitrogens with zero attached hydrogens (tertiary/aromatic N) is 2. The van der Waals surface area contributed by atoms with Crippen LogP contribution < -0.4 is 15.4 Å². The van der Waals surface area contributed by atoms with E-state index in [0.29, 0.717) is 24.0 Å². The molecule has 0 radical (unpaired) electrons. The largest absolute Gasteiger partial charge is 0.457 e. The van der Waals surface area contributed by atoms with Crippen molar-refractivity contribution in [1.82, 2.24) is 15.1 Å². The van der Waals surface area contributed by atoms with Gasteiger partial charge < -0.3 is 34.9 Å². The molecule has 8 rings (SSSR count). The van der Waals surface area contributed by atoms with E-state index in [1.807, 2.05) is 78.9 Å². The number of carbonyl (C=O) groups is 1. The van der Waals surface area contributed by atoms with Crippen LogP contribution >= 0.6 is 0 Å². The van der Waals surface area contributed by atoms with E-state index in [9.17, 15) is 9.90 Å². The van der Waals surface area contributed by atoms with Gasteiger partial charge in [0.25, 0.3) is 0 Å². The first-order chi connectivity index (χ1) is 27.5. The summed E-state index contributed by atoms with van der Waals surface area (Å²) in [6.45, 7) is 6.03. The van der Waals surface area contributed by atoms with Crippen LogP contribution in [0.5, 0.6) is 11.5 Å². The van der Waals surface area contributed by atoms with Crippen molar-refractivity contribution >= 4 is 11.7 Å². The minimum Gasteiger partial charge on any atom is -0.457 e. The quantitative estimate of drug-likeness (QED) is 0.111. The molecule has 5 aromatic carbocycles. The summed E-state index contributed by atoms with van der Waals surface area (Å²) in [4.78, 5) is 18.1. The Labute approximate surface area is 330 Å². The van der Waals surface area contributed by atoms with Gasteiger partial charge in [-0.05, 0) is 116 Å². The fraction of sp³-hybridized carbons (Fsp3) is 0.340. The monoisotopic (exact) mass is 752 g/mol. The third-order valence-electron chi connectivity index (χ3n) is 11.2. The van der Waals surface area contributed by atoms with Gasteiger partial charge in [0, 0.05) is 43.3 Å². The number of carbonyl (C=O) groups excluding carboxylic acids is 1. The fourth-order valence-electron chi connectivity index (χ4n) is 8.18. The van der Waals surface area contributed by atoms with E-state index in [2.05, 4.69) is 69.0 Å². The maximum absolute atomic E-state index is 12.8. The Morgan fingerprint density at radius 3 is 2.23 bits per heavy atom. The zero-order valence-electron chi connectivity index (χ0n) is 31.9. The Kier molecular flexibility index (Phi) is 12.4. The van der Waals surface area contributed by atoms with Crippen molar-refractivity contribution in [2.75, 3.05) is 38.0 Å². The number of hydrogen-bond donors (Lipinski definition) is 3. The maximum atomic E-state index is 12.8. The molecule has 56 heavy (non-hydrogen) atoms. The smallest absolute Gasteiger partial charge is 0.319 e. The van der Waals surface area contributed by atoms with Crippen LogP contribution in [0.4, 0.5) is 10.5 Å². The molecule has 0 unspecified atom stereocenters. The molecule has 4 atom stereocenters. The molecule has 3 aliphatic rings. The predicted molar refractivity (Wildman–Crippen MR) is 219 cm³/mol. The van der Waals surface area contributed by atoms with E-state index in [1.165, 1.54) is 38.8 Å². The summed E-state index contributed by atoms with van der Waals surface area (Å²) in [7, 11) is 0. The minimum absolute atomic E-state index is 0.0240. The number of urea groups is 1. The highest BCUT2D eigenvalue weighted by Gasteiger charge is 2.36. The zero-order valence-corrected chi connectivity index (χ0v) is 31.9. The lowest BCUT2D eigenvalue weighted by Gasteiger charge is -2.39. The Morgan fingerprint density at radius 2 is 1.46 bits per heavy atom. The van der Waals surface area contributed by atoms with Crippen LogP contribution in [0.3, 0.4) is 0 Å². The molecule has 0 aliphatic carbocycles. The topological polar surface area (TPSA) is 95.5 Å². The summed E-state index contributed by atoms with van der Waals surface area (Å²) in [6, 6.07) is 42.0. The molecular weight excluding hydrogens is 701 g/mol. The number of rotatable bonds is 13. The molecule has 9 nitrogen and oxygen atoms in total. The standard InChI is InChI=1S/C47H52N4O5/c52-33-34-13-15-37(16-14-34)45-29-44(32-51-27-7-10-41(51)31-50-25-4-5-26-50)55-46(56-45)38-19-17-36(18-20-38)39-9-6-8-35(28-39)30-48-47(53)49-40-21-23-43(24-22-40)54-42-11-2-1-3-12-42/h1-3,6,8-9,11-24,28,41,44-46,52H,4-5,7,10,25-27,29-33H2,(H2,48,49,53)/t41-,44+,45-,46-/m0/s1. The molecule has 0 spiro atoms. The normalized spacial score (nSPS) is 21.5. The second-order valence-corrected chi connectivity index (χ2v) is 15.2. The van der Waals surface area contributed by atoms with Crippen molar-refractivity contribution in [2.24, 2.45) is 0 Å². The summed E-state index contributed by atoms with van der Waals surface area (Å²) in [5, 5.41) is 15.5. The van der Waals surface area contributed by atoms with Crippen molar-refractivity contribution in [2.45, 2.75) is 69.8 Å². The number of amides is 2. The predicted octanol–water partition coefficient (Wildman–Crippen LogP) is 9.07. The lowest BCUT2D eigenvalue weighted by atomic mass is 9.98. The number of para-hydroxylation sites is 1. The van der Waals surface area contributed by atoms with Gasteiger partial charge in [-0.1, -0.05) is 84.9 Å². The summed E-state index contributed by atoms with van der Waals surface area (Å²) < 4.78 is 19.3. The van der Waals surface area contributed by atoms with Crippen LogP contribution in [0.25, 0.3) is 11.1 Å². The van der Waals surface area contributed by atoms with Crippen LogP contribution in [0.15, 0.2) is 127 Å². The molecule has 3 saturated heterocycles. The van der Waals surface area contributed by atoms with E-state index >= 15 is 0 Å². The number of aliphatic hydroxyl groups excluding tert-OH is 1. The summed E-state index contributed by atoms with van der Waals surface area (Å²) in [5.74, 6) is 1.46. The van der Waals surface area contributed by atoms with E-state index in [1.54, 1.807) is 0 Å². The average Bonchev–Trinajstić information content (AvgIpc) is 3.93. The number of ether oxygens (including phenoxy) is 3. The zero-order chi connectivity index (χ0) is 38.1. The molecule has 0 bridgehead atoms. The second kappa shape index (κ2) is 18.3. The highest BCUT2D eigenvalue weighted by atomic mass is 16.7. The first-order valence-corrected chi connectivity index (χ1v) is 20.1. The van der Waals surface area contributed by atoms with Gasteiger partial charge in [0.05, 0.1) is 18.8 Å². The minimum atomic E-state index is -0.494. The molecular formula is C47H52N4O5. The average molecular weight is 753 g/mol. The number of nitrogens with one attached hydrogen (secondary N) is 2. The van der Waals surface area contributed by atoms with Gasteiger partial charge in [-0.25, -0.2) is 4.79 Å². The summed E-state index contributed by atoms with van der Waals surface area (Å²) >= 11 is 0. The molecule has 9 heteroatoms. The number of hydrogen-bond acceptors (Lipinski definition) is 7. The third-order valence-corrected chi connectivity index (χ3v) is 11.2. The van der Waals surface area contributed by atoms with E-state index in [4.69, 9.17) is 14.2 Å². The van der Waals surface area contributed by atoms with Crippen molar-refractivity contribution in [3.8, 4) is 22.6 Å². The Hall–Kier alpha value is -5.03. The molecule has 0 aromatic heterocycles. The van der Waals surface area contributed by atoms with Gasteiger partial charge in [0.15, 0.2) is 6.29 Å². The number of anilines is 1. The Morgan fingerprint density at radius 1 is 0.714 bits per heavy atom. The molecule has 3 heterocycles. The van der Waals surface area contributed by atoms with Gasteiger partial charge in [-0.3, -0.25) is 4.90 Å². The number of benzene rings is 5. The van der Waals surface area contributed by atoms with Gasteiger partial charge in [-0.2, -0.15) is 0 Å². The van der Waals surface area contributed by atoms with Crippen molar-refractivity contribution < 1.29 is 24.1 Å². The van der Waals surface area contributed by atoms with Crippen molar-refractivity contribution in [3.05, 3.63) is 150 Å². The molecule has 3 fully saturated rings. The molecule has 3 N–H and O–H groups in total. The van der Waals surface area contributed by atoms with Crippen LogP contribution in [0.1, 0.15) is 66.8 Å². The summed E-state index contributed by atoms with van der Waals surface area (Å²) in [5.41, 5.74) is 6.80. The van der Waals surface area contributed by atoms with E-state index < -0.39 is 6.29 Å². The van der Waals surface area contributed by atoms with Crippen LogP contribution in [0, 0.1) is 0 Å². The molecule has 0 saturated carbocycles. The lowest BCUT2D eigenvalue weighted by molar-refractivity contribution is -0.253. The number of likely N-dealkylation sites (tertiary alicyclic amines) is 2. The van der Waals surface area contributed by atoms with Gasteiger partial charge in [0.1, 0.15) is 11.5 Å². The van der Waals surface area contributed by atoms with Crippen LogP contribution in [-0.4, -0.2) is 65.8 Å².